The van der Waals surface area contributed by atoms with Crippen LogP contribution >= 0.6 is 0 Å². The highest BCUT2D eigenvalue weighted by atomic mass is 16.5. The van der Waals surface area contributed by atoms with Gasteiger partial charge in [0.1, 0.15) is 0 Å². The minimum absolute atomic E-state index is 0.288. The molecule has 87 valence electrons. The van der Waals surface area contributed by atoms with E-state index in [1.807, 2.05) is 0 Å². The van der Waals surface area contributed by atoms with Gasteiger partial charge in [-0.3, -0.25) is 4.79 Å². The van der Waals surface area contributed by atoms with Crippen LogP contribution in [0.25, 0.3) is 0 Å². The molecule has 1 radical (unpaired) electrons. The van der Waals surface area contributed by atoms with Gasteiger partial charge < -0.3 is 10.8 Å². The highest BCUT2D eigenvalue weighted by Gasteiger charge is 2.53. The number of hydrogen-bond donors (Lipinski definition) is 2. The number of hydrogen-bond acceptors (Lipinski definition) is 3. The van der Waals surface area contributed by atoms with E-state index in [9.17, 15) is 10.0 Å². The molecule has 0 aromatic heterocycles. The Morgan fingerprint density at radius 3 is 2.27 bits per heavy atom. The van der Waals surface area contributed by atoms with Gasteiger partial charge in [-0.2, -0.15) is 0 Å². The summed E-state index contributed by atoms with van der Waals surface area (Å²) in [7, 11) is 0. The van der Waals surface area contributed by atoms with Gasteiger partial charge in [0.25, 0.3) is 0 Å². The minimum atomic E-state index is -0.920. The van der Waals surface area contributed by atoms with E-state index in [4.69, 9.17) is 10.8 Å². The maximum absolute atomic E-state index is 12.0. The van der Waals surface area contributed by atoms with E-state index in [1.165, 1.54) is 0 Å². The predicted molar refractivity (Wildman–Crippen MR) is 54.4 cm³/mol. The molecule has 5 nitrogen and oxygen atoms in total. The third kappa shape index (κ3) is 1.87. The van der Waals surface area contributed by atoms with Crippen LogP contribution in [0.15, 0.2) is 0 Å². The molecule has 1 rings (SSSR count). The number of carboxylic acids is 1. The lowest BCUT2D eigenvalue weighted by Gasteiger charge is -2.52. The van der Waals surface area contributed by atoms with Crippen LogP contribution in [-0.4, -0.2) is 33.3 Å². The Kier molecular flexibility index (Phi) is 2.84. The molecule has 0 amide bonds. The summed E-state index contributed by atoms with van der Waals surface area (Å²) in [6, 6.07) is -0.638. The molecular weight excluding hydrogens is 196 g/mol. The van der Waals surface area contributed by atoms with E-state index in [2.05, 4.69) is 0 Å². The van der Waals surface area contributed by atoms with Crippen LogP contribution in [-0.2, 0) is 10.0 Å². The molecule has 0 saturated carbocycles. The van der Waals surface area contributed by atoms with Crippen LogP contribution in [0, 0.1) is 5.92 Å². The van der Waals surface area contributed by atoms with Crippen LogP contribution in [0.2, 0.25) is 0 Å². The molecule has 0 aromatic carbocycles. The molecule has 1 heterocycles. The first-order valence-corrected chi connectivity index (χ1v) is 5.06. The lowest BCUT2D eigenvalue weighted by Crippen LogP contribution is -2.69. The number of carbonyl (C=O) groups is 1. The van der Waals surface area contributed by atoms with E-state index in [-0.39, 0.29) is 6.42 Å². The fourth-order valence-electron chi connectivity index (χ4n) is 2.40. The fourth-order valence-corrected chi connectivity index (χ4v) is 2.40. The standard InChI is InChI=1S/C10H19N2O3/c1-9(2)5-6(8(13)14)7(11)10(3,4)12(9)15/h6-7H,5,11H2,1-4H3,(H,13,14)/t6-,7-/m0/s1. The van der Waals surface area contributed by atoms with Crippen LogP contribution in [0.4, 0.5) is 0 Å². The summed E-state index contributed by atoms with van der Waals surface area (Å²) in [5.41, 5.74) is 4.33. The highest BCUT2D eigenvalue weighted by Crippen LogP contribution is 2.39. The Morgan fingerprint density at radius 2 is 1.87 bits per heavy atom. The summed E-state index contributed by atoms with van der Waals surface area (Å²) < 4.78 is 0. The average Bonchev–Trinajstić information content (AvgIpc) is 2.09. The molecule has 5 heteroatoms. The quantitative estimate of drug-likeness (QED) is 0.671. The normalized spacial score (nSPS) is 35.1. The number of nitrogens with two attached hydrogens (primary N) is 1. The zero-order valence-corrected chi connectivity index (χ0v) is 9.65. The van der Waals surface area contributed by atoms with Gasteiger partial charge in [0, 0.05) is 11.6 Å². The van der Waals surface area contributed by atoms with Crippen molar-refractivity contribution in [3.8, 4) is 0 Å². The van der Waals surface area contributed by atoms with Gasteiger partial charge in [0.15, 0.2) is 0 Å². The van der Waals surface area contributed by atoms with E-state index < -0.39 is 29.0 Å². The summed E-state index contributed by atoms with van der Waals surface area (Å²) in [5.74, 6) is -1.57. The Labute approximate surface area is 89.8 Å². The van der Waals surface area contributed by atoms with Crippen molar-refractivity contribution in [2.45, 2.75) is 51.2 Å². The summed E-state index contributed by atoms with van der Waals surface area (Å²) in [4.78, 5) is 11.0. The van der Waals surface area contributed by atoms with Gasteiger partial charge in [0.05, 0.1) is 11.5 Å². The Morgan fingerprint density at radius 1 is 1.40 bits per heavy atom. The number of aliphatic carboxylic acids is 1. The molecule has 0 bridgehead atoms. The number of carboxylic acid groups (broad SMARTS) is 1. The van der Waals surface area contributed by atoms with Crippen molar-refractivity contribution in [1.29, 1.82) is 0 Å². The highest BCUT2D eigenvalue weighted by molar-refractivity contribution is 5.71. The molecule has 1 fully saturated rings. The SMILES string of the molecule is CC1(C)C[C@H](C(=O)O)[C@H](N)C(C)(C)N1[O]. The Hall–Kier alpha value is -0.650. The average molecular weight is 215 g/mol. The van der Waals surface area contributed by atoms with Crippen LogP contribution in [0.5, 0.6) is 0 Å². The first-order valence-electron chi connectivity index (χ1n) is 5.06. The molecule has 1 aliphatic rings. The van der Waals surface area contributed by atoms with Crippen molar-refractivity contribution in [1.82, 2.24) is 5.06 Å². The zero-order chi connectivity index (χ0) is 12.0. The van der Waals surface area contributed by atoms with Crippen LogP contribution in [0.3, 0.4) is 0 Å². The second kappa shape index (κ2) is 3.43. The summed E-state index contributed by atoms with van der Waals surface area (Å²) in [6.45, 7) is 6.90. The third-order valence-electron chi connectivity index (χ3n) is 3.36. The molecule has 3 N–H and O–H groups in total. The molecule has 1 aliphatic heterocycles. The van der Waals surface area contributed by atoms with Gasteiger partial charge in [0.2, 0.25) is 0 Å². The van der Waals surface area contributed by atoms with E-state index >= 15 is 0 Å². The largest absolute Gasteiger partial charge is 0.481 e. The minimum Gasteiger partial charge on any atom is -0.481 e. The van der Waals surface area contributed by atoms with Crippen molar-refractivity contribution in [3.63, 3.8) is 0 Å². The molecule has 0 aromatic rings. The summed E-state index contributed by atoms with van der Waals surface area (Å²) in [6.07, 6.45) is 0.288. The number of nitrogens with zero attached hydrogens (tertiary/aromatic N) is 1. The van der Waals surface area contributed by atoms with E-state index in [0.29, 0.717) is 0 Å². The number of rotatable bonds is 1. The predicted octanol–water partition coefficient (Wildman–Crippen LogP) is 0.623. The molecule has 2 atom stereocenters. The first kappa shape index (κ1) is 12.4. The molecule has 1 saturated heterocycles. The van der Waals surface area contributed by atoms with Crippen molar-refractivity contribution in [3.05, 3.63) is 0 Å². The van der Waals surface area contributed by atoms with Gasteiger partial charge >= 0.3 is 5.97 Å². The third-order valence-corrected chi connectivity index (χ3v) is 3.36. The van der Waals surface area contributed by atoms with Crippen molar-refractivity contribution < 1.29 is 15.1 Å². The number of hydroxylamine groups is 2. The van der Waals surface area contributed by atoms with Crippen LogP contribution in [0.1, 0.15) is 34.1 Å². The molecule has 0 spiro atoms. The topological polar surface area (TPSA) is 86.5 Å². The lowest BCUT2D eigenvalue weighted by molar-refractivity contribution is -0.298. The maximum atomic E-state index is 12.0. The zero-order valence-electron chi connectivity index (χ0n) is 9.65. The second-order valence-electron chi connectivity index (χ2n) is 5.44. The van der Waals surface area contributed by atoms with E-state index in [0.717, 1.165) is 5.06 Å². The second-order valence-corrected chi connectivity index (χ2v) is 5.44. The van der Waals surface area contributed by atoms with Crippen LogP contribution < -0.4 is 5.73 Å². The fraction of sp³-hybridized carbons (Fsp3) is 0.900. The smallest absolute Gasteiger partial charge is 0.308 e. The number of piperidine rings is 1. The summed E-state index contributed by atoms with van der Waals surface area (Å²) in [5, 5.41) is 22.0. The molecule has 0 aliphatic carbocycles. The molecular formula is C10H19N2O3. The maximum Gasteiger partial charge on any atom is 0.308 e. The van der Waals surface area contributed by atoms with E-state index in [1.54, 1.807) is 27.7 Å². The van der Waals surface area contributed by atoms with Gasteiger partial charge in [-0.15, -0.1) is 10.3 Å². The van der Waals surface area contributed by atoms with Crippen molar-refractivity contribution >= 4 is 5.97 Å². The lowest BCUT2D eigenvalue weighted by atomic mass is 9.72. The van der Waals surface area contributed by atoms with Gasteiger partial charge in [-0.1, -0.05) is 0 Å². The summed E-state index contributed by atoms with van der Waals surface area (Å²) >= 11 is 0. The van der Waals surface area contributed by atoms with Crippen molar-refractivity contribution in [2.75, 3.05) is 0 Å². The van der Waals surface area contributed by atoms with Crippen molar-refractivity contribution in [2.24, 2.45) is 11.7 Å². The molecule has 15 heavy (non-hydrogen) atoms. The Bertz CT molecular complexity index is 276. The Balaban J connectivity index is 3.07. The van der Waals surface area contributed by atoms with Gasteiger partial charge in [-0.25, -0.2) is 0 Å². The van der Waals surface area contributed by atoms with Gasteiger partial charge in [-0.05, 0) is 34.1 Å². The first-order chi connectivity index (χ1) is 6.60. The molecule has 0 unspecified atom stereocenters. The monoisotopic (exact) mass is 215 g/mol.